The Labute approximate surface area is 171 Å². The van der Waals surface area contributed by atoms with Crippen molar-refractivity contribution < 1.29 is 13.2 Å². The van der Waals surface area contributed by atoms with Gasteiger partial charge >= 0.3 is 0 Å². The van der Waals surface area contributed by atoms with Crippen LogP contribution in [-0.4, -0.2) is 60.9 Å². The minimum Gasteiger partial charge on any atom is -0.467 e. The maximum atomic E-state index is 12.9. The van der Waals surface area contributed by atoms with Gasteiger partial charge < -0.3 is 9.64 Å². The molecule has 3 heterocycles. The lowest BCUT2D eigenvalue weighted by Gasteiger charge is -2.41. The SMILES string of the molecule is Cc1cccc(S(=O)(=O)N2CCC(N3CCC(Oc4nccs4)CC3)CC2)c1. The minimum absolute atomic E-state index is 0.240. The van der Waals surface area contributed by atoms with Gasteiger partial charge in [-0.1, -0.05) is 23.5 Å². The van der Waals surface area contributed by atoms with Crippen LogP contribution in [0.2, 0.25) is 0 Å². The van der Waals surface area contributed by atoms with Crippen LogP contribution < -0.4 is 4.74 Å². The highest BCUT2D eigenvalue weighted by molar-refractivity contribution is 7.89. The van der Waals surface area contributed by atoms with Crippen LogP contribution in [0.3, 0.4) is 0 Å². The molecule has 152 valence electrons. The maximum Gasteiger partial charge on any atom is 0.273 e. The predicted octanol–water partition coefficient (Wildman–Crippen LogP) is 3.15. The van der Waals surface area contributed by atoms with Crippen molar-refractivity contribution in [2.24, 2.45) is 0 Å². The van der Waals surface area contributed by atoms with E-state index in [4.69, 9.17) is 4.74 Å². The molecule has 0 saturated carbocycles. The van der Waals surface area contributed by atoms with Gasteiger partial charge in [-0.3, -0.25) is 0 Å². The fourth-order valence-corrected chi connectivity index (χ4v) is 6.27. The van der Waals surface area contributed by atoms with Crippen molar-refractivity contribution in [3.8, 4) is 5.19 Å². The van der Waals surface area contributed by atoms with Crippen LogP contribution in [-0.2, 0) is 10.0 Å². The molecule has 0 amide bonds. The first-order valence-electron chi connectivity index (χ1n) is 9.89. The number of likely N-dealkylation sites (tertiary alicyclic amines) is 1. The zero-order valence-corrected chi connectivity index (χ0v) is 17.8. The van der Waals surface area contributed by atoms with Crippen molar-refractivity contribution in [3.63, 3.8) is 0 Å². The molecule has 6 nitrogen and oxygen atoms in total. The lowest BCUT2D eigenvalue weighted by molar-refractivity contribution is 0.0584. The number of thiazole rings is 1. The Hall–Kier alpha value is -1.48. The van der Waals surface area contributed by atoms with E-state index in [0.29, 0.717) is 24.0 Å². The molecule has 0 bridgehead atoms. The molecule has 1 aromatic heterocycles. The van der Waals surface area contributed by atoms with Gasteiger partial charge in [-0.05, 0) is 50.3 Å². The summed E-state index contributed by atoms with van der Waals surface area (Å²) < 4.78 is 33.4. The van der Waals surface area contributed by atoms with Crippen LogP contribution in [0, 0.1) is 6.92 Å². The number of hydrogen-bond donors (Lipinski definition) is 0. The first kappa shape index (κ1) is 19.8. The number of piperidine rings is 2. The smallest absolute Gasteiger partial charge is 0.273 e. The highest BCUT2D eigenvalue weighted by atomic mass is 32.2. The summed E-state index contributed by atoms with van der Waals surface area (Å²) in [5.41, 5.74) is 0.971. The van der Waals surface area contributed by atoms with Crippen LogP contribution in [0.1, 0.15) is 31.2 Å². The Morgan fingerprint density at radius 2 is 1.86 bits per heavy atom. The van der Waals surface area contributed by atoms with E-state index in [2.05, 4.69) is 9.88 Å². The van der Waals surface area contributed by atoms with Crippen LogP contribution in [0.25, 0.3) is 0 Å². The molecule has 2 fully saturated rings. The number of rotatable bonds is 5. The second kappa shape index (κ2) is 8.49. The van der Waals surface area contributed by atoms with Crippen molar-refractivity contribution >= 4 is 21.4 Å². The van der Waals surface area contributed by atoms with Gasteiger partial charge in [0.05, 0.1) is 4.90 Å². The molecule has 0 unspecified atom stereocenters. The molecule has 1 aromatic carbocycles. The van der Waals surface area contributed by atoms with Gasteiger partial charge in [-0.2, -0.15) is 4.31 Å². The third kappa shape index (κ3) is 4.40. The third-order valence-electron chi connectivity index (χ3n) is 5.72. The van der Waals surface area contributed by atoms with E-state index in [1.165, 1.54) is 11.3 Å². The number of hydrogen-bond acceptors (Lipinski definition) is 6. The lowest BCUT2D eigenvalue weighted by atomic mass is 10.00. The Morgan fingerprint density at radius 1 is 1.11 bits per heavy atom. The molecule has 8 heteroatoms. The maximum absolute atomic E-state index is 12.9. The second-order valence-corrected chi connectivity index (χ2v) is 10.4. The van der Waals surface area contributed by atoms with Gasteiger partial charge in [-0.15, -0.1) is 0 Å². The molecule has 2 aliphatic rings. The summed E-state index contributed by atoms with van der Waals surface area (Å²) >= 11 is 1.54. The summed E-state index contributed by atoms with van der Waals surface area (Å²) in [5, 5.41) is 2.69. The molecule has 4 rings (SSSR count). The zero-order chi connectivity index (χ0) is 19.6. The topological polar surface area (TPSA) is 62.7 Å². The van der Waals surface area contributed by atoms with Gasteiger partial charge in [0, 0.05) is 43.8 Å². The van der Waals surface area contributed by atoms with Crippen LogP contribution in [0.5, 0.6) is 5.19 Å². The summed E-state index contributed by atoms with van der Waals surface area (Å²) in [7, 11) is -3.39. The second-order valence-electron chi connectivity index (χ2n) is 7.60. The Bertz CT molecular complexity index is 870. The average molecular weight is 422 g/mol. The number of aromatic nitrogens is 1. The predicted molar refractivity (Wildman–Crippen MR) is 110 cm³/mol. The summed E-state index contributed by atoms with van der Waals surface area (Å²) in [6.07, 6.45) is 5.80. The fourth-order valence-electron chi connectivity index (χ4n) is 4.14. The normalized spacial score (nSPS) is 21.0. The summed E-state index contributed by atoms with van der Waals surface area (Å²) in [6.45, 7) is 5.12. The molecular formula is C20H27N3O3S2. The lowest BCUT2D eigenvalue weighted by Crippen LogP contribution is -2.50. The first-order chi connectivity index (χ1) is 13.5. The largest absolute Gasteiger partial charge is 0.467 e. The first-order valence-corrected chi connectivity index (χ1v) is 12.2. The molecule has 28 heavy (non-hydrogen) atoms. The van der Waals surface area contributed by atoms with Gasteiger partial charge in [0.15, 0.2) is 0 Å². The van der Waals surface area contributed by atoms with Crippen LogP contribution >= 0.6 is 11.3 Å². The molecule has 0 aliphatic carbocycles. The van der Waals surface area contributed by atoms with Crippen molar-refractivity contribution in [2.75, 3.05) is 26.2 Å². The number of nitrogens with zero attached hydrogens (tertiary/aromatic N) is 3. The van der Waals surface area contributed by atoms with Gasteiger partial charge in [0.1, 0.15) is 6.10 Å². The standard InChI is InChI=1S/C20H27N3O3S2/c1-16-3-2-4-19(15-16)28(24,25)23-12-5-17(6-13-23)22-10-7-18(8-11-22)26-20-21-9-14-27-20/h2-4,9,14-15,17-18H,5-8,10-13H2,1H3. The van der Waals surface area contributed by atoms with Crippen LogP contribution in [0.4, 0.5) is 0 Å². The van der Waals surface area contributed by atoms with Crippen molar-refractivity contribution in [3.05, 3.63) is 41.4 Å². The summed E-state index contributed by atoms with van der Waals surface area (Å²) in [5.74, 6) is 0. The van der Waals surface area contributed by atoms with E-state index in [9.17, 15) is 8.42 Å². The van der Waals surface area contributed by atoms with E-state index in [1.54, 1.807) is 22.6 Å². The third-order valence-corrected chi connectivity index (χ3v) is 8.28. The van der Waals surface area contributed by atoms with E-state index < -0.39 is 10.0 Å². The molecular weight excluding hydrogens is 394 g/mol. The van der Waals surface area contributed by atoms with Crippen molar-refractivity contribution in [2.45, 2.75) is 49.6 Å². The molecule has 0 N–H and O–H groups in total. The molecule has 0 atom stereocenters. The molecule has 2 saturated heterocycles. The van der Waals surface area contributed by atoms with Crippen molar-refractivity contribution in [1.82, 2.24) is 14.2 Å². The molecule has 2 aromatic rings. The van der Waals surface area contributed by atoms with E-state index >= 15 is 0 Å². The Kier molecular flexibility index (Phi) is 6.01. The quantitative estimate of drug-likeness (QED) is 0.742. The number of aryl methyl sites for hydroxylation is 1. The molecule has 0 radical (unpaired) electrons. The van der Waals surface area contributed by atoms with Crippen molar-refractivity contribution in [1.29, 1.82) is 0 Å². The highest BCUT2D eigenvalue weighted by Crippen LogP contribution is 2.27. The Balaban J connectivity index is 1.29. The number of sulfonamides is 1. The Morgan fingerprint density at radius 3 is 2.50 bits per heavy atom. The van der Waals surface area contributed by atoms with Crippen LogP contribution in [0.15, 0.2) is 40.7 Å². The zero-order valence-electron chi connectivity index (χ0n) is 16.2. The van der Waals surface area contributed by atoms with Gasteiger partial charge in [-0.25, -0.2) is 13.4 Å². The minimum atomic E-state index is -3.39. The van der Waals surface area contributed by atoms with Gasteiger partial charge in [0.25, 0.3) is 5.19 Å². The number of ether oxygens (including phenoxy) is 1. The van der Waals surface area contributed by atoms with E-state index in [1.807, 2.05) is 24.4 Å². The fraction of sp³-hybridized carbons (Fsp3) is 0.550. The van der Waals surface area contributed by atoms with Gasteiger partial charge in [0.2, 0.25) is 10.0 Å². The summed E-state index contributed by atoms with van der Waals surface area (Å²) in [6, 6.07) is 7.65. The monoisotopic (exact) mass is 421 g/mol. The number of benzene rings is 1. The summed E-state index contributed by atoms with van der Waals surface area (Å²) in [4.78, 5) is 7.12. The average Bonchev–Trinajstić information content (AvgIpc) is 3.22. The molecule has 0 spiro atoms. The highest BCUT2D eigenvalue weighted by Gasteiger charge is 2.33. The van der Waals surface area contributed by atoms with E-state index in [0.717, 1.165) is 49.5 Å². The molecule has 2 aliphatic heterocycles. The van der Waals surface area contributed by atoms with E-state index in [-0.39, 0.29) is 6.10 Å².